The molecule has 2 heterocycles. The molecule has 0 saturated heterocycles. The van der Waals surface area contributed by atoms with Gasteiger partial charge in [-0.15, -0.1) is 11.3 Å². The van der Waals surface area contributed by atoms with Crippen molar-refractivity contribution in [2.24, 2.45) is 0 Å². The summed E-state index contributed by atoms with van der Waals surface area (Å²) in [5, 5.41) is 10.8. The van der Waals surface area contributed by atoms with Crippen molar-refractivity contribution in [1.29, 1.82) is 0 Å². The second kappa shape index (κ2) is 5.63. The Morgan fingerprint density at radius 2 is 2.44 bits per heavy atom. The van der Waals surface area contributed by atoms with E-state index >= 15 is 0 Å². The van der Waals surface area contributed by atoms with Gasteiger partial charge in [0.2, 0.25) is 5.91 Å². The van der Waals surface area contributed by atoms with Crippen molar-refractivity contribution < 1.29 is 4.79 Å². The summed E-state index contributed by atoms with van der Waals surface area (Å²) in [5.74, 6) is 0.197. The summed E-state index contributed by atoms with van der Waals surface area (Å²) in [5.41, 5.74) is -0.399. The van der Waals surface area contributed by atoms with E-state index in [0.717, 1.165) is 6.42 Å². The number of thiophene rings is 1. The summed E-state index contributed by atoms with van der Waals surface area (Å²) in [4.78, 5) is 26.2. The molecule has 3 N–H and O–H groups in total. The summed E-state index contributed by atoms with van der Waals surface area (Å²) < 4.78 is 0. The third-order valence-corrected chi connectivity index (χ3v) is 3.27. The first-order valence-corrected chi connectivity index (χ1v) is 6.47. The zero-order valence-corrected chi connectivity index (χ0v) is 10.7. The number of aromatic amines is 2. The molecule has 1 amide bonds. The predicted molar refractivity (Wildman–Crippen MR) is 68.5 cm³/mol. The van der Waals surface area contributed by atoms with Crippen molar-refractivity contribution in [3.63, 3.8) is 0 Å². The Kier molecular flexibility index (Phi) is 3.93. The number of rotatable bonds is 5. The lowest BCUT2D eigenvalue weighted by atomic mass is 10.2. The molecule has 0 aliphatic carbocycles. The molecule has 0 spiro atoms. The first kappa shape index (κ1) is 12.6. The molecule has 96 valence electrons. The van der Waals surface area contributed by atoms with Crippen LogP contribution in [0.1, 0.15) is 17.6 Å². The van der Waals surface area contributed by atoms with Crippen LogP contribution in [-0.2, 0) is 17.6 Å². The van der Waals surface area contributed by atoms with Gasteiger partial charge in [0, 0.05) is 17.3 Å². The lowest BCUT2D eigenvalue weighted by Gasteiger charge is -2.12. The Morgan fingerprint density at radius 3 is 3.06 bits per heavy atom. The van der Waals surface area contributed by atoms with Crippen molar-refractivity contribution in [3.8, 4) is 0 Å². The van der Waals surface area contributed by atoms with Gasteiger partial charge in [-0.2, -0.15) is 5.10 Å². The van der Waals surface area contributed by atoms with Crippen LogP contribution in [0.2, 0.25) is 0 Å². The molecule has 0 aliphatic rings. The Labute approximate surface area is 107 Å². The number of aromatic nitrogens is 3. The van der Waals surface area contributed by atoms with E-state index in [9.17, 15) is 9.59 Å². The van der Waals surface area contributed by atoms with Gasteiger partial charge in [-0.05, 0) is 18.4 Å². The van der Waals surface area contributed by atoms with E-state index in [1.165, 1.54) is 4.88 Å². The molecule has 0 aliphatic heterocycles. The maximum atomic E-state index is 11.7. The Balaban J connectivity index is 1.82. The summed E-state index contributed by atoms with van der Waals surface area (Å²) in [6, 6.07) is 4.09. The average Bonchev–Trinajstić information content (AvgIpc) is 2.90. The van der Waals surface area contributed by atoms with Gasteiger partial charge in [-0.3, -0.25) is 9.78 Å². The number of amides is 1. The zero-order chi connectivity index (χ0) is 13.0. The van der Waals surface area contributed by atoms with Crippen LogP contribution in [0.25, 0.3) is 0 Å². The van der Waals surface area contributed by atoms with E-state index in [-0.39, 0.29) is 18.4 Å². The number of hydrogen-bond acceptors (Lipinski definition) is 4. The summed E-state index contributed by atoms with van der Waals surface area (Å²) in [7, 11) is 0. The maximum absolute atomic E-state index is 11.7. The highest BCUT2D eigenvalue weighted by atomic mass is 32.1. The van der Waals surface area contributed by atoms with Crippen molar-refractivity contribution in [2.75, 3.05) is 0 Å². The van der Waals surface area contributed by atoms with E-state index in [1.54, 1.807) is 11.3 Å². The fraction of sp³-hybridized carbons (Fsp3) is 0.364. The molecule has 0 radical (unpaired) electrons. The first-order chi connectivity index (χ1) is 8.63. The number of hydrogen-bond donors (Lipinski definition) is 3. The molecule has 0 unspecified atom stereocenters. The van der Waals surface area contributed by atoms with Gasteiger partial charge in [-0.1, -0.05) is 6.07 Å². The SMILES string of the molecule is C[C@@H](Cc1cccs1)NC(=O)Cc1n[nH]c(=O)[nH]1. The highest BCUT2D eigenvalue weighted by molar-refractivity contribution is 7.09. The fourth-order valence-electron chi connectivity index (χ4n) is 1.65. The Morgan fingerprint density at radius 1 is 1.61 bits per heavy atom. The maximum Gasteiger partial charge on any atom is 0.340 e. The minimum Gasteiger partial charge on any atom is -0.353 e. The smallest absolute Gasteiger partial charge is 0.340 e. The number of H-pyrrole nitrogens is 2. The molecular formula is C11H14N4O2S. The van der Waals surface area contributed by atoms with E-state index < -0.39 is 5.69 Å². The minimum atomic E-state index is -0.399. The van der Waals surface area contributed by atoms with Gasteiger partial charge in [0.25, 0.3) is 0 Å². The van der Waals surface area contributed by atoms with E-state index in [1.807, 2.05) is 24.4 Å². The molecule has 2 rings (SSSR count). The second-order valence-electron chi connectivity index (χ2n) is 4.05. The van der Waals surface area contributed by atoms with Gasteiger partial charge in [0.05, 0.1) is 6.42 Å². The molecule has 2 aromatic rings. The summed E-state index contributed by atoms with van der Waals surface area (Å²) in [6.45, 7) is 1.95. The van der Waals surface area contributed by atoms with E-state index in [0.29, 0.717) is 5.82 Å². The predicted octanol–water partition coefficient (Wildman–Crippen LogP) is 0.449. The highest BCUT2D eigenvalue weighted by Crippen LogP contribution is 2.10. The third kappa shape index (κ3) is 3.56. The minimum absolute atomic E-state index is 0.0572. The Bertz CT molecular complexity index is 558. The van der Waals surface area contributed by atoms with Crippen LogP contribution in [-0.4, -0.2) is 27.1 Å². The molecule has 0 saturated carbocycles. The molecule has 1 atom stereocenters. The number of nitrogens with zero attached hydrogens (tertiary/aromatic N) is 1. The van der Waals surface area contributed by atoms with Crippen molar-refractivity contribution >= 4 is 17.2 Å². The van der Waals surface area contributed by atoms with Gasteiger partial charge >= 0.3 is 5.69 Å². The lowest BCUT2D eigenvalue weighted by Crippen LogP contribution is -2.35. The average molecular weight is 266 g/mol. The number of nitrogens with one attached hydrogen (secondary N) is 3. The molecule has 0 bridgehead atoms. The largest absolute Gasteiger partial charge is 0.353 e. The zero-order valence-electron chi connectivity index (χ0n) is 9.90. The molecule has 0 fully saturated rings. The van der Waals surface area contributed by atoms with E-state index in [4.69, 9.17) is 0 Å². The quantitative estimate of drug-likeness (QED) is 0.734. The fourth-order valence-corrected chi connectivity index (χ4v) is 2.48. The van der Waals surface area contributed by atoms with Crippen molar-refractivity contribution in [3.05, 3.63) is 38.7 Å². The van der Waals surface area contributed by atoms with Crippen LogP contribution >= 0.6 is 11.3 Å². The highest BCUT2D eigenvalue weighted by Gasteiger charge is 2.11. The molecule has 0 aromatic carbocycles. The van der Waals surface area contributed by atoms with Gasteiger partial charge in [0.15, 0.2) is 0 Å². The molecular weight excluding hydrogens is 252 g/mol. The van der Waals surface area contributed by atoms with Crippen LogP contribution in [0.4, 0.5) is 0 Å². The molecule has 2 aromatic heterocycles. The monoisotopic (exact) mass is 266 g/mol. The molecule has 6 nitrogen and oxygen atoms in total. The van der Waals surface area contributed by atoms with Crippen molar-refractivity contribution in [2.45, 2.75) is 25.8 Å². The van der Waals surface area contributed by atoms with Gasteiger partial charge < -0.3 is 5.32 Å². The van der Waals surface area contributed by atoms with Crippen LogP contribution < -0.4 is 11.0 Å². The van der Waals surface area contributed by atoms with Crippen molar-refractivity contribution in [1.82, 2.24) is 20.5 Å². The standard InChI is InChI=1S/C11H14N4O2S/c1-7(5-8-3-2-4-18-8)12-10(16)6-9-13-11(17)15-14-9/h2-4,7H,5-6H2,1H3,(H,12,16)(H2,13,14,15,17)/t7-/m0/s1. The normalized spacial score (nSPS) is 12.3. The van der Waals surface area contributed by atoms with Crippen LogP contribution in [0, 0.1) is 0 Å². The molecule has 18 heavy (non-hydrogen) atoms. The van der Waals surface area contributed by atoms with Crippen LogP contribution in [0.5, 0.6) is 0 Å². The first-order valence-electron chi connectivity index (χ1n) is 5.59. The van der Waals surface area contributed by atoms with Gasteiger partial charge in [-0.25, -0.2) is 9.89 Å². The second-order valence-corrected chi connectivity index (χ2v) is 5.09. The number of carbonyl (C=O) groups excluding carboxylic acids is 1. The summed E-state index contributed by atoms with van der Waals surface area (Å²) in [6.07, 6.45) is 0.883. The summed E-state index contributed by atoms with van der Waals surface area (Å²) >= 11 is 1.67. The molecule has 7 heteroatoms. The topological polar surface area (TPSA) is 90.6 Å². The van der Waals surface area contributed by atoms with Gasteiger partial charge in [0.1, 0.15) is 5.82 Å². The van der Waals surface area contributed by atoms with Crippen LogP contribution in [0.15, 0.2) is 22.3 Å². The Hall–Kier alpha value is -1.89. The van der Waals surface area contributed by atoms with Crippen LogP contribution in [0.3, 0.4) is 0 Å². The van der Waals surface area contributed by atoms with E-state index in [2.05, 4.69) is 20.5 Å². The number of carbonyl (C=O) groups is 1. The lowest BCUT2D eigenvalue weighted by molar-refractivity contribution is -0.121. The third-order valence-electron chi connectivity index (χ3n) is 2.37.